The molecule has 0 aromatic heterocycles. The highest BCUT2D eigenvalue weighted by atomic mass is 79.9. The molecule has 2 unspecified atom stereocenters. The number of esters is 1. The maximum absolute atomic E-state index is 12.5. The lowest BCUT2D eigenvalue weighted by Crippen LogP contribution is -2.60. The Morgan fingerprint density at radius 2 is 2.17 bits per heavy atom. The first-order valence-electron chi connectivity index (χ1n) is 9.37. The molecule has 3 rings (SSSR count). The molecule has 1 aromatic rings. The SMILES string of the molecule is O=C(CC1C(=O)NCCN1C(=S)NC(=O)c1ccccc1Br)OCC1CCCO1. The topological polar surface area (TPSA) is 97.0 Å². The lowest BCUT2D eigenvalue weighted by atomic mass is 10.1. The summed E-state index contributed by atoms with van der Waals surface area (Å²) in [6.45, 7) is 1.60. The summed E-state index contributed by atoms with van der Waals surface area (Å²) >= 11 is 8.68. The van der Waals surface area contributed by atoms with Crippen molar-refractivity contribution in [3.8, 4) is 0 Å². The molecule has 156 valence electrons. The number of nitrogens with zero attached hydrogens (tertiary/aromatic N) is 1. The van der Waals surface area contributed by atoms with Gasteiger partial charge in [-0.25, -0.2) is 0 Å². The fourth-order valence-electron chi connectivity index (χ4n) is 3.22. The Kier molecular flexibility index (Phi) is 7.57. The van der Waals surface area contributed by atoms with E-state index in [-0.39, 0.29) is 30.2 Å². The van der Waals surface area contributed by atoms with Crippen LogP contribution in [0.1, 0.15) is 29.6 Å². The summed E-state index contributed by atoms with van der Waals surface area (Å²) in [5.74, 6) is -1.23. The number of hydrogen-bond donors (Lipinski definition) is 2. The number of carbonyl (C=O) groups excluding carboxylic acids is 3. The van der Waals surface area contributed by atoms with Crippen molar-refractivity contribution in [3.05, 3.63) is 34.3 Å². The van der Waals surface area contributed by atoms with E-state index in [2.05, 4.69) is 26.6 Å². The third kappa shape index (κ3) is 5.74. The molecule has 2 atom stereocenters. The van der Waals surface area contributed by atoms with Crippen molar-refractivity contribution in [1.82, 2.24) is 15.5 Å². The van der Waals surface area contributed by atoms with Crippen LogP contribution in [0.15, 0.2) is 28.7 Å². The molecule has 0 bridgehead atoms. The maximum atomic E-state index is 12.5. The molecule has 2 heterocycles. The summed E-state index contributed by atoms with van der Waals surface area (Å²) in [5, 5.41) is 5.46. The second-order valence-corrected chi connectivity index (χ2v) is 8.00. The Morgan fingerprint density at radius 1 is 1.38 bits per heavy atom. The van der Waals surface area contributed by atoms with Crippen LogP contribution in [0.2, 0.25) is 0 Å². The Balaban J connectivity index is 1.60. The van der Waals surface area contributed by atoms with Gasteiger partial charge in [0.05, 0.1) is 18.1 Å². The zero-order valence-electron chi connectivity index (χ0n) is 15.7. The Labute approximate surface area is 182 Å². The fraction of sp³-hybridized carbons (Fsp3) is 0.474. The van der Waals surface area contributed by atoms with E-state index in [1.165, 1.54) is 0 Å². The molecule has 2 aliphatic heterocycles. The molecular weight excluding hydrogens is 462 g/mol. The predicted molar refractivity (Wildman–Crippen MR) is 112 cm³/mol. The number of amides is 2. The summed E-state index contributed by atoms with van der Waals surface area (Å²) in [6, 6.07) is 6.10. The molecule has 2 amide bonds. The lowest BCUT2D eigenvalue weighted by Gasteiger charge is -2.36. The molecule has 29 heavy (non-hydrogen) atoms. The second-order valence-electron chi connectivity index (χ2n) is 6.76. The van der Waals surface area contributed by atoms with Gasteiger partial charge in [0.25, 0.3) is 5.91 Å². The highest BCUT2D eigenvalue weighted by Gasteiger charge is 2.34. The monoisotopic (exact) mass is 483 g/mol. The van der Waals surface area contributed by atoms with Crippen LogP contribution in [-0.4, -0.2) is 66.2 Å². The molecule has 0 aliphatic carbocycles. The summed E-state index contributed by atoms with van der Waals surface area (Å²) in [7, 11) is 0. The number of piperazine rings is 1. The van der Waals surface area contributed by atoms with Crippen LogP contribution in [0.4, 0.5) is 0 Å². The van der Waals surface area contributed by atoms with E-state index >= 15 is 0 Å². The average molecular weight is 484 g/mol. The molecule has 0 spiro atoms. The number of rotatable bonds is 5. The van der Waals surface area contributed by atoms with Crippen molar-refractivity contribution in [1.29, 1.82) is 0 Å². The van der Waals surface area contributed by atoms with Gasteiger partial charge in [-0.1, -0.05) is 12.1 Å². The number of thiocarbonyl (C=S) groups is 1. The Morgan fingerprint density at radius 3 is 2.90 bits per heavy atom. The van der Waals surface area contributed by atoms with Crippen LogP contribution in [0, 0.1) is 0 Å². The highest BCUT2D eigenvalue weighted by molar-refractivity contribution is 9.10. The van der Waals surface area contributed by atoms with Crippen molar-refractivity contribution < 1.29 is 23.9 Å². The van der Waals surface area contributed by atoms with E-state index in [9.17, 15) is 14.4 Å². The third-order valence-corrected chi connectivity index (χ3v) is 5.77. The van der Waals surface area contributed by atoms with Crippen LogP contribution < -0.4 is 10.6 Å². The molecule has 8 nitrogen and oxygen atoms in total. The third-order valence-electron chi connectivity index (χ3n) is 4.74. The van der Waals surface area contributed by atoms with Crippen molar-refractivity contribution in [2.75, 3.05) is 26.3 Å². The maximum Gasteiger partial charge on any atom is 0.308 e. The molecule has 0 saturated carbocycles. The summed E-state index contributed by atoms with van der Waals surface area (Å²) in [6.07, 6.45) is 1.56. The number of hydrogen-bond acceptors (Lipinski definition) is 6. The Bertz CT molecular complexity index is 800. The zero-order chi connectivity index (χ0) is 20.8. The minimum absolute atomic E-state index is 0.0834. The van der Waals surface area contributed by atoms with Crippen LogP contribution >= 0.6 is 28.1 Å². The van der Waals surface area contributed by atoms with Gasteiger partial charge in [-0.2, -0.15) is 0 Å². The van der Waals surface area contributed by atoms with E-state index in [1.807, 2.05) is 0 Å². The molecule has 2 fully saturated rings. The van der Waals surface area contributed by atoms with Crippen LogP contribution in [-0.2, 0) is 19.1 Å². The van der Waals surface area contributed by atoms with Crippen molar-refractivity contribution >= 4 is 51.0 Å². The molecule has 0 radical (unpaired) electrons. The van der Waals surface area contributed by atoms with Gasteiger partial charge in [0, 0.05) is 24.2 Å². The van der Waals surface area contributed by atoms with Crippen LogP contribution in [0.3, 0.4) is 0 Å². The van der Waals surface area contributed by atoms with E-state index in [1.54, 1.807) is 29.2 Å². The first-order valence-corrected chi connectivity index (χ1v) is 10.6. The van der Waals surface area contributed by atoms with Gasteiger partial charge < -0.3 is 19.7 Å². The van der Waals surface area contributed by atoms with E-state index in [4.69, 9.17) is 21.7 Å². The quantitative estimate of drug-likeness (QED) is 0.482. The Hall–Kier alpha value is -2.04. The van der Waals surface area contributed by atoms with Crippen LogP contribution in [0.25, 0.3) is 0 Å². The van der Waals surface area contributed by atoms with Gasteiger partial charge in [0.15, 0.2) is 5.11 Å². The average Bonchev–Trinajstić information content (AvgIpc) is 3.22. The van der Waals surface area contributed by atoms with E-state index in [0.717, 1.165) is 12.8 Å². The van der Waals surface area contributed by atoms with Gasteiger partial charge in [0.1, 0.15) is 12.6 Å². The van der Waals surface area contributed by atoms with Crippen molar-refractivity contribution in [2.45, 2.75) is 31.4 Å². The van der Waals surface area contributed by atoms with E-state index in [0.29, 0.717) is 29.7 Å². The molecule has 2 saturated heterocycles. The number of nitrogens with one attached hydrogen (secondary N) is 2. The van der Waals surface area contributed by atoms with E-state index < -0.39 is 17.9 Å². The molecule has 2 aliphatic rings. The first-order chi connectivity index (χ1) is 14.0. The zero-order valence-corrected chi connectivity index (χ0v) is 18.1. The summed E-state index contributed by atoms with van der Waals surface area (Å²) < 4.78 is 11.3. The summed E-state index contributed by atoms with van der Waals surface area (Å²) in [4.78, 5) is 38.7. The molecule has 1 aromatic carbocycles. The number of carbonyl (C=O) groups is 3. The number of halogens is 1. The minimum Gasteiger partial charge on any atom is -0.463 e. The molecular formula is C19H22BrN3O5S. The van der Waals surface area contributed by atoms with Gasteiger partial charge in [-0.05, 0) is 53.1 Å². The second kappa shape index (κ2) is 10.1. The van der Waals surface area contributed by atoms with Gasteiger partial charge >= 0.3 is 5.97 Å². The number of benzene rings is 1. The standard InChI is InChI=1S/C19H22BrN3O5S/c20-14-6-2-1-5-13(14)17(25)22-19(29)23-8-7-21-18(26)15(23)10-16(24)28-11-12-4-3-9-27-12/h1-2,5-6,12,15H,3-4,7-11H2,(H,21,26)(H,22,25,29). The molecule has 10 heteroatoms. The number of ether oxygens (including phenoxy) is 2. The van der Waals surface area contributed by atoms with Gasteiger partial charge in [-0.3, -0.25) is 19.7 Å². The van der Waals surface area contributed by atoms with Crippen molar-refractivity contribution in [3.63, 3.8) is 0 Å². The largest absolute Gasteiger partial charge is 0.463 e. The summed E-state index contributed by atoms with van der Waals surface area (Å²) in [5.41, 5.74) is 0.420. The predicted octanol–water partition coefficient (Wildman–Crippen LogP) is 1.38. The minimum atomic E-state index is -0.840. The highest BCUT2D eigenvalue weighted by Crippen LogP contribution is 2.17. The smallest absolute Gasteiger partial charge is 0.308 e. The van der Waals surface area contributed by atoms with Gasteiger partial charge in [-0.15, -0.1) is 0 Å². The lowest BCUT2D eigenvalue weighted by molar-refractivity contribution is -0.150. The first kappa shape index (κ1) is 21.7. The van der Waals surface area contributed by atoms with Crippen molar-refractivity contribution in [2.24, 2.45) is 0 Å². The van der Waals surface area contributed by atoms with Gasteiger partial charge in [0.2, 0.25) is 5.91 Å². The fourth-order valence-corrected chi connectivity index (χ4v) is 4.00. The normalized spacial score (nSPS) is 21.4. The molecule has 2 N–H and O–H groups in total. The van der Waals surface area contributed by atoms with Crippen LogP contribution in [0.5, 0.6) is 0 Å².